The Morgan fingerprint density at radius 1 is 1.27 bits per heavy atom. The van der Waals surface area contributed by atoms with E-state index >= 15 is 0 Å². The fraction of sp³-hybridized carbons (Fsp3) is 0.600. The molecule has 1 aliphatic carbocycles. The summed E-state index contributed by atoms with van der Waals surface area (Å²) in [5, 5.41) is 0. The molecule has 1 aromatic carbocycles. The van der Waals surface area contributed by atoms with Crippen molar-refractivity contribution < 1.29 is 9.47 Å². The van der Waals surface area contributed by atoms with E-state index in [4.69, 9.17) is 9.47 Å². The number of hydrogen-bond acceptors (Lipinski definition) is 2. The van der Waals surface area contributed by atoms with Crippen molar-refractivity contribution in [3.05, 3.63) is 36.4 Å². The second kappa shape index (κ2) is 7.71. The van der Waals surface area contributed by atoms with Crippen molar-refractivity contribution >= 4 is 0 Å². The maximum atomic E-state index is 6.40. The molecule has 0 N–H and O–H groups in total. The van der Waals surface area contributed by atoms with E-state index in [9.17, 15) is 0 Å². The van der Waals surface area contributed by atoms with Crippen LogP contribution in [0.5, 0.6) is 11.5 Å². The third-order valence-corrected chi connectivity index (χ3v) is 4.85. The normalized spacial score (nSPS) is 25.0. The Kier molecular flexibility index (Phi) is 5.93. The molecule has 1 aromatic rings. The summed E-state index contributed by atoms with van der Waals surface area (Å²) in [6.07, 6.45) is 6.78. The lowest BCUT2D eigenvalue weighted by molar-refractivity contribution is 0.0440. The number of ether oxygens (including phenoxy) is 2. The largest absolute Gasteiger partial charge is 0.493 e. The molecule has 0 aliphatic heterocycles. The van der Waals surface area contributed by atoms with Crippen LogP contribution in [0.2, 0.25) is 0 Å². The molecule has 0 spiro atoms. The summed E-state index contributed by atoms with van der Waals surface area (Å²) in [4.78, 5) is 0. The molecule has 0 radical (unpaired) electrons. The Bertz CT molecular complexity index is 492. The third-order valence-electron chi connectivity index (χ3n) is 4.85. The predicted octanol–water partition coefficient (Wildman–Crippen LogP) is 5.26. The van der Waals surface area contributed by atoms with Gasteiger partial charge in [-0.05, 0) is 54.7 Å². The van der Waals surface area contributed by atoms with Gasteiger partial charge in [0.05, 0.1) is 7.11 Å². The molecule has 1 saturated carbocycles. The number of hydrogen-bond donors (Lipinski definition) is 0. The molecule has 1 fully saturated rings. The van der Waals surface area contributed by atoms with Crippen LogP contribution in [0.1, 0.15) is 45.6 Å². The SMILES string of the molecule is C=CCc1ccc(O[C@@H]2C[C@H](C)CC[C@H]2C(C)C)c(OC)c1. The van der Waals surface area contributed by atoms with E-state index in [1.165, 1.54) is 18.4 Å². The van der Waals surface area contributed by atoms with Crippen molar-refractivity contribution in [3.8, 4) is 11.5 Å². The monoisotopic (exact) mass is 302 g/mol. The molecule has 0 saturated heterocycles. The molecular formula is C20H30O2. The lowest BCUT2D eigenvalue weighted by Crippen LogP contribution is -2.36. The summed E-state index contributed by atoms with van der Waals surface area (Å²) in [5.74, 6) is 3.74. The molecule has 22 heavy (non-hydrogen) atoms. The molecule has 1 aliphatic rings. The molecule has 2 rings (SSSR count). The van der Waals surface area contributed by atoms with Gasteiger partial charge in [0.15, 0.2) is 11.5 Å². The zero-order valence-electron chi connectivity index (χ0n) is 14.5. The fourth-order valence-electron chi connectivity index (χ4n) is 3.52. The minimum absolute atomic E-state index is 0.294. The zero-order chi connectivity index (χ0) is 16.1. The highest BCUT2D eigenvalue weighted by Gasteiger charge is 2.32. The maximum Gasteiger partial charge on any atom is 0.161 e. The van der Waals surface area contributed by atoms with Gasteiger partial charge in [0.1, 0.15) is 6.10 Å². The van der Waals surface area contributed by atoms with Gasteiger partial charge in [0, 0.05) is 0 Å². The van der Waals surface area contributed by atoms with Crippen molar-refractivity contribution in [2.75, 3.05) is 7.11 Å². The van der Waals surface area contributed by atoms with Gasteiger partial charge >= 0.3 is 0 Å². The maximum absolute atomic E-state index is 6.40. The van der Waals surface area contributed by atoms with Crippen molar-refractivity contribution in [2.24, 2.45) is 17.8 Å². The Balaban J connectivity index is 2.18. The second-order valence-corrected chi connectivity index (χ2v) is 6.96. The van der Waals surface area contributed by atoms with Gasteiger partial charge in [0.25, 0.3) is 0 Å². The molecule has 0 unspecified atom stereocenters. The van der Waals surface area contributed by atoms with E-state index in [0.717, 1.165) is 30.3 Å². The first kappa shape index (κ1) is 16.9. The highest BCUT2D eigenvalue weighted by atomic mass is 16.5. The summed E-state index contributed by atoms with van der Waals surface area (Å²) in [6, 6.07) is 6.22. The Labute approximate surface area is 135 Å². The van der Waals surface area contributed by atoms with Crippen LogP contribution in [0, 0.1) is 17.8 Å². The molecule has 2 nitrogen and oxygen atoms in total. The van der Waals surface area contributed by atoms with Crippen LogP contribution in [0.3, 0.4) is 0 Å². The average Bonchev–Trinajstić information content (AvgIpc) is 2.48. The van der Waals surface area contributed by atoms with Crippen molar-refractivity contribution in [1.82, 2.24) is 0 Å². The number of rotatable bonds is 6. The van der Waals surface area contributed by atoms with Crippen molar-refractivity contribution in [3.63, 3.8) is 0 Å². The number of allylic oxidation sites excluding steroid dienone is 1. The minimum Gasteiger partial charge on any atom is -0.493 e. The van der Waals surface area contributed by atoms with Gasteiger partial charge in [0.2, 0.25) is 0 Å². The highest BCUT2D eigenvalue weighted by molar-refractivity contribution is 5.43. The molecule has 2 heteroatoms. The van der Waals surface area contributed by atoms with Crippen molar-refractivity contribution in [1.29, 1.82) is 0 Å². The van der Waals surface area contributed by atoms with Crippen LogP contribution < -0.4 is 9.47 Å². The first-order valence-corrected chi connectivity index (χ1v) is 8.49. The molecule has 0 aromatic heterocycles. The average molecular weight is 302 g/mol. The lowest BCUT2D eigenvalue weighted by atomic mass is 9.75. The van der Waals surface area contributed by atoms with E-state index in [1.807, 2.05) is 12.1 Å². The van der Waals surface area contributed by atoms with Crippen molar-refractivity contribution in [2.45, 2.75) is 52.6 Å². The minimum atomic E-state index is 0.294. The smallest absolute Gasteiger partial charge is 0.161 e. The summed E-state index contributed by atoms with van der Waals surface area (Å²) in [6.45, 7) is 10.7. The van der Waals surface area contributed by atoms with Gasteiger partial charge < -0.3 is 9.47 Å². The zero-order valence-corrected chi connectivity index (χ0v) is 14.5. The quantitative estimate of drug-likeness (QED) is 0.667. The van der Waals surface area contributed by atoms with Gasteiger partial charge in [-0.2, -0.15) is 0 Å². The van der Waals surface area contributed by atoms with Crippen LogP contribution in [-0.4, -0.2) is 13.2 Å². The van der Waals surface area contributed by atoms with Gasteiger partial charge in [-0.25, -0.2) is 0 Å². The van der Waals surface area contributed by atoms with E-state index in [1.54, 1.807) is 7.11 Å². The summed E-state index contributed by atoms with van der Waals surface area (Å²) in [7, 11) is 1.71. The van der Waals surface area contributed by atoms with Gasteiger partial charge in [-0.1, -0.05) is 39.3 Å². The Morgan fingerprint density at radius 3 is 2.68 bits per heavy atom. The first-order valence-electron chi connectivity index (χ1n) is 8.49. The van der Waals surface area contributed by atoms with Crippen LogP contribution >= 0.6 is 0 Å². The Hall–Kier alpha value is -1.44. The molecule has 0 heterocycles. The van der Waals surface area contributed by atoms with E-state index < -0.39 is 0 Å². The summed E-state index contributed by atoms with van der Waals surface area (Å²) >= 11 is 0. The van der Waals surface area contributed by atoms with Crippen LogP contribution in [0.4, 0.5) is 0 Å². The van der Waals surface area contributed by atoms with E-state index in [0.29, 0.717) is 17.9 Å². The summed E-state index contributed by atoms with van der Waals surface area (Å²) in [5.41, 5.74) is 1.21. The van der Waals surface area contributed by atoms with Crippen LogP contribution in [-0.2, 0) is 6.42 Å². The molecule has 0 bridgehead atoms. The fourth-order valence-corrected chi connectivity index (χ4v) is 3.52. The molecule has 3 atom stereocenters. The first-order chi connectivity index (χ1) is 10.5. The molecule has 0 amide bonds. The number of methoxy groups -OCH3 is 1. The van der Waals surface area contributed by atoms with E-state index in [-0.39, 0.29) is 0 Å². The van der Waals surface area contributed by atoms with Crippen LogP contribution in [0.25, 0.3) is 0 Å². The van der Waals surface area contributed by atoms with Gasteiger partial charge in [-0.3, -0.25) is 0 Å². The molecule has 122 valence electrons. The van der Waals surface area contributed by atoms with E-state index in [2.05, 4.69) is 39.5 Å². The lowest BCUT2D eigenvalue weighted by Gasteiger charge is -2.37. The molecular weight excluding hydrogens is 272 g/mol. The number of benzene rings is 1. The highest BCUT2D eigenvalue weighted by Crippen LogP contribution is 2.38. The Morgan fingerprint density at radius 2 is 2.05 bits per heavy atom. The standard InChI is InChI=1S/C20H30O2/c1-6-7-16-9-11-18(20(13-16)21-5)22-19-12-15(4)8-10-17(19)14(2)3/h6,9,11,13-15,17,19H,1,7-8,10,12H2,2-5H3/t15-,17+,19-/m1/s1. The third kappa shape index (κ3) is 4.06. The van der Waals surface area contributed by atoms with Crippen LogP contribution in [0.15, 0.2) is 30.9 Å². The topological polar surface area (TPSA) is 18.5 Å². The predicted molar refractivity (Wildman–Crippen MR) is 92.7 cm³/mol. The second-order valence-electron chi connectivity index (χ2n) is 6.96. The summed E-state index contributed by atoms with van der Waals surface area (Å²) < 4.78 is 11.9. The van der Waals surface area contributed by atoms with Gasteiger partial charge in [-0.15, -0.1) is 6.58 Å².